The number of nitrogens with zero attached hydrogens (tertiary/aromatic N) is 1. The van der Waals surface area contributed by atoms with E-state index in [1.807, 2.05) is 5.38 Å². The molecule has 0 saturated carbocycles. The van der Waals surface area contributed by atoms with Crippen molar-refractivity contribution in [1.82, 2.24) is 4.90 Å². The van der Waals surface area contributed by atoms with Crippen molar-refractivity contribution in [1.29, 1.82) is 0 Å². The standard InChI is InChI=1S/C18H21FN2O3S/c1-23-15-2-3-17(16(19)9-15)20-18(22)8-14-11-24-6-5-21(14)10-13-4-7-25-12-13/h2-4,7,9,12,14H,5-6,8,10-11H2,1H3,(H,20,22). The van der Waals surface area contributed by atoms with Crippen LogP contribution >= 0.6 is 11.3 Å². The van der Waals surface area contributed by atoms with E-state index in [2.05, 4.69) is 21.7 Å². The molecule has 2 aromatic rings. The Hall–Kier alpha value is -1.96. The normalized spacial score (nSPS) is 18.1. The van der Waals surface area contributed by atoms with Crippen molar-refractivity contribution in [2.75, 3.05) is 32.2 Å². The van der Waals surface area contributed by atoms with Gasteiger partial charge in [0.05, 0.1) is 26.0 Å². The van der Waals surface area contributed by atoms with Gasteiger partial charge in [0, 0.05) is 31.6 Å². The van der Waals surface area contributed by atoms with Crippen LogP contribution < -0.4 is 10.1 Å². The molecule has 1 aromatic carbocycles. The molecule has 1 unspecified atom stereocenters. The molecule has 0 bridgehead atoms. The molecule has 0 aliphatic carbocycles. The van der Waals surface area contributed by atoms with Crippen LogP contribution in [-0.2, 0) is 16.1 Å². The largest absolute Gasteiger partial charge is 0.497 e. The highest BCUT2D eigenvalue weighted by atomic mass is 32.1. The van der Waals surface area contributed by atoms with Crippen LogP contribution in [0.3, 0.4) is 0 Å². The summed E-state index contributed by atoms with van der Waals surface area (Å²) >= 11 is 1.66. The van der Waals surface area contributed by atoms with Gasteiger partial charge in [-0.25, -0.2) is 4.39 Å². The molecule has 1 N–H and O–H groups in total. The second kappa shape index (κ2) is 8.42. The number of thiophene rings is 1. The monoisotopic (exact) mass is 364 g/mol. The molecule has 1 fully saturated rings. The number of methoxy groups -OCH3 is 1. The molecular formula is C18H21FN2O3S. The van der Waals surface area contributed by atoms with Crippen LogP contribution in [0.1, 0.15) is 12.0 Å². The number of carbonyl (C=O) groups excluding carboxylic acids is 1. The maximum atomic E-state index is 14.0. The smallest absolute Gasteiger partial charge is 0.226 e. The summed E-state index contributed by atoms with van der Waals surface area (Å²) in [5, 5.41) is 6.79. The maximum absolute atomic E-state index is 14.0. The van der Waals surface area contributed by atoms with Gasteiger partial charge in [0.2, 0.25) is 5.91 Å². The minimum absolute atomic E-state index is 0.0186. The van der Waals surface area contributed by atoms with Gasteiger partial charge < -0.3 is 14.8 Å². The molecule has 1 aliphatic rings. The summed E-state index contributed by atoms with van der Waals surface area (Å²) in [7, 11) is 1.47. The van der Waals surface area contributed by atoms with Gasteiger partial charge in [-0.05, 0) is 34.5 Å². The van der Waals surface area contributed by atoms with Gasteiger partial charge in [0.25, 0.3) is 0 Å². The Morgan fingerprint density at radius 3 is 3.08 bits per heavy atom. The average molecular weight is 364 g/mol. The SMILES string of the molecule is COc1ccc(NC(=O)CC2COCCN2Cc2ccsc2)c(F)c1. The predicted molar refractivity (Wildman–Crippen MR) is 95.5 cm³/mol. The molecule has 1 aromatic heterocycles. The van der Waals surface area contributed by atoms with Crippen LogP contribution in [0.25, 0.3) is 0 Å². The first kappa shape index (κ1) is 17.8. The van der Waals surface area contributed by atoms with Crippen molar-refractivity contribution in [3.05, 3.63) is 46.4 Å². The van der Waals surface area contributed by atoms with E-state index < -0.39 is 5.82 Å². The Labute approximate surface area is 150 Å². The predicted octanol–water partition coefficient (Wildman–Crippen LogP) is 3.13. The lowest BCUT2D eigenvalue weighted by molar-refractivity contribution is -0.119. The van der Waals surface area contributed by atoms with E-state index in [1.54, 1.807) is 17.4 Å². The number of amides is 1. The number of hydrogen-bond acceptors (Lipinski definition) is 5. The molecule has 1 amide bonds. The molecule has 134 valence electrons. The fraction of sp³-hybridized carbons (Fsp3) is 0.389. The fourth-order valence-corrected chi connectivity index (χ4v) is 3.50. The zero-order chi connectivity index (χ0) is 17.6. The molecule has 5 nitrogen and oxygen atoms in total. The first-order chi connectivity index (χ1) is 12.2. The first-order valence-electron chi connectivity index (χ1n) is 8.12. The summed E-state index contributed by atoms with van der Waals surface area (Å²) in [6, 6.07) is 6.44. The lowest BCUT2D eigenvalue weighted by Gasteiger charge is -2.35. The minimum Gasteiger partial charge on any atom is -0.497 e. The van der Waals surface area contributed by atoms with E-state index in [0.717, 1.165) is 13.1 Å². The molecule has 0 radical (unpaired) electrons. The lowest BCUT2D eigenvalue weighted by atomic mass is 10.1. The third kappa shape index (κ3) is 4.78. The molecule has 1 aliphatic heterocycles. The highest BCUT2D eigenvalue weighted by molar-refractivity contribution is 7.07. The third-order valence-corrected chi connectivity index (χ3v) is 4.92. The van der Waals surface area contributed by atoms with Crippen LogP contribution in [0.4, 0.5) is 10.1 Å². The van der Waals surface area contributed by atoms with Crippen molar-refractivity contribution in [3.63, 3.8) is 0 Å². The summed E-state index contributed by atoms with van der Waals surface area (Å²) < 4.78 is 24.5. The number of carbonyl (C=O) groups is 1. The van der Waals surface area contributed by atoms with E-state index in [4.69, 9.17) is 9.47 Å². The number of rotatable bonds is 6. The van der Waals surface area contributed by atoms with Crippen molar-refractivity contribution in [2.45, 2.75) is 19.0 Å². The molecule has 3 rings (SSSR count). The van der Waals surface area contributed by atoms with Crippen LogP contribution in [0.5, 0.6) is 5.75 Å². The second-order valence-electron chi connectivity index (χ2n) is 5.93. The molecule has 2 heterocycles. The van der Waals surface area contributed by atoms with Gasteiger partial charge >= 0.3 is 0 Å². The number of benzene rings is 1. The Bertz CT molecular complexity index is 708. The lowest BCUT2D eigenvalue weighted by Crippen LogP contribution is -2.46. The van der Waals surface area contributed by atoms with Crippen LogP contribution in [0.15, 0.2) is 35.0 Å². The Morgan fingerprint density at radius 1 is 1.48 bits per heavy atom. The van der Waals surface area contributed by atoms with Crippen LogP contribution in [0, 0.1) is 5.82 Å². The maximum Gasteiger partial charge on any atom is 0.226 e. The number of anilines is 1. The number of morpholine rings is 1. The van der Waals surface area contributed by atoms with E-state index in [0.29, 0.717) is 19.0 Å². The highest BCUT2D eigenvalue weighted by Gasteiger charge is 2.26. The van der Waals surface area contributed by atoms with E-state index in [1.165, 1.54) is 24.8 Å². The summed E-state index contributed by atoms with van der Waals surface area (Å²) in [6.07, 6.45) is 0.260. The molecule has 0 spiro atoms. The van der Waals surface area contributed by atoms with Gasteiger partial charge in [-0.1, -0.05) is 0 Å². The Balaban J connectivity index is 1.60. The number of nitrogens with one attached hydrogen (secondary N) is 1. The third-order valence-electron chi connectivity index (χ3n) is 4.19. The molecule has 1 atom stereocenters. The van der Waals surface area contributed by atoms with Gasteiger partial charge in [0.15, 0.2) is 0 Å². The van der Waals surface area contributed by atoms with Crippen LogP contribution in [0.2, 0.25) is 0 Å². The average Bonchev–Trinajstić information content (AvgIpc) is 3.11. The van der Waals surface area contributed by atoms with E-state index in [9.17, 15) is 9.18 Å². The Morgan fingerprint density at radius 2 is 2.36 bits per heavy atom. The highest BCUT2D eigenvalue weighted by Crippen LogP contribution is 2.22. The van der Waals surface area contributed by atoms with Crippen LogP contribution in [-0.4, -0.2) is 43.7 Å². The topological polar surface area (TPSA) is 50.8 Å². The van der Waals surface area contributed by atoms with Gasteiger partial charge in [-0.2, -0.15) is 11.3 Å². The summed E-state index contributed by atoms with van der Waals surface area (Å²) in [5.41, 5.74) is 1.39. The zero-order valence-corrected chi connectivity index (χ0v) is 14.9. The number of hydrogen-bond donors (Lipinski definition) is 1. The first-order valence-corrected chi connectivity index (χ1v) is 9.06. The minimum atomic E-state index is -0.511. The van der Waals surface area contributed by atoms with Crippen molar-refractivity contribution in [2.24, 2.45) is 0 Å². The summed E-state index contributed by atoms with van der Waals surface area (Å²) in [6.45, 7) is 2.74. The van der Waals surface area contributed by atoms with Crippen molar-refractivity contribution >= 4 is 22.9 Å². The second-order valence-corrected chi connectivity index (χ2v) is 6.71. The zero-order valence-electron chi connectivity index (χ0n) is 14.0. The van der Waals surface area contributed by atoms with Gasteiger partial charge in [-0.3, -0.25) is 9.69 Å². The Kier molecular flexibility index (Phi) is 6.01. The number of ether oxygens (including phenoxy) is 2. The molecule has 1 saturated heterocycles. The summed E-state index contributed by atoms with van der Waals surface area (Å²) in [5.74, 6) is -0.323. The number of halogens is 1. The molecular weight excluding hydrogens is 343 g/mol. The molecule has 7 heteroatoms. The fourth-order valence-electron chi connectivity index (χ4n) is 2.84. The van der Waals surface area contributed by atoms with E-state index in [-0.39, 0.29) is 24.1 Å². The van der Waals surface area contributed by atoms with Gasteiger partial charge in [-0.15, -0.1) is 0 Å². The summed E-state index contributed by atoms with van der Waals surface area (Å²) in [4.78, 5) is 14.6. The van der Waals surface area contributed by atoms with Gasteiger partial charge in [0.1, 0.15) is 11.6 Å². The quantitative estimate of drug-likeness (QED) is 0.856. The van der Waals surface area contributed by atoms with Crippen molar-refractivity contribution < 1.29 is 18.7 Å². The van der Waals surface area contributed by atoms with Crippen molar-refractivity contribution in [3.8, 4) is 5.75 Å². The van der Waals surface area contributed by atoms with E-state index >= 15 is 0 Å². The molecule has 25 heavy (non-hydrogen) atoms.